The third-order valence-corrected chi connectivity index (χ3v) is 4.25. The number of aromatic nitrogens is 1. The smallest absolute Gasteiger partial charge is 0.422 e. The summed E-state index contributed by atoms with van der Waals surface area (Å²) >= 11 is 0. The number of ether oxygens (including phenoxy) is 1. The van der Waals surface area contributed by atoms with Crippen LogP contribution in [0.25, 0.3) is 0 Å². The van der Waals surface area contributed by atoms with E-state index in [-0.39, 0.29) is 30.4 Å². The predicted molar refractivity (Wildman–Crippen MR) is 94.0 cm³/mol. The Bertz CT molecular complexity index is 835. The SMILES string of the molecule is O=C(c1ccccc1)N1CCN(C(=O)c2cccnc2OCC(F)(F)F)CC1. The lowest BCUT2D eigenvalue weighted by Crippen LogP contribution is -2.50. The second-order valence-electron chi connectivity index (χ2n) is 6.21. The number of piperazine rings is 1. The number of rotatable bonds is 4. The summed E-state index contributed by atoms with van der Waals surface area (Å²) in [4.78, 5) is 32.0. The van der Waals surface area contributed by atoms with Gasteiger partial charge in [0.05, 0.1) is 0 Å². The molecule has 3 rings (SSSR count). The van der Waals surface area contributed by atoms with Crippen LogP contribution in [0.5, 0.6) is 5.88 Å². The topological polar surface area (TPSA) is 62.7 Å². The second kappa shape index (κ2) is 8.28. The van der Waals surface area contributed by atoms with E-state index in [0.29, 0.717) is 18.7 Å². The van der Waals surface area contributed by atoms with Gasteiger partial charge in [-0.05, 0) is 24.3 Å². The molecule has 0 unspecified atom stereocenters. The van der Waals surface area contributed by atoms with Gasteiger partial charge >= 0.3 is 6.18 Å². The van der Waals surface area contributed by atoms with Crippen molar-refractivity contribution in [3.05, 3.63) is 59.8 Å². The van der Waals surface area contributed by atoms with Crippen molar-refractivity contribution in [3.63, 3.8) is 0 Å². The number of benzene rings is 1. The van der Waals surface area contributed by atoms with Gasteiger partial charge in [-0.3, -0.25) is 9.59 Å². The Morgan fingerprint density at radius 1 is 0.929 bits per heavy atom. The van der Waals surface area contributed by atoms with Gasteiger partial charge in [0.2, 0.25) is 5.88 Å². The van der Waals surface area contributed by atoms with Gasteiger partial charge in [-0.15, -0.1) is 0 Å². The molecule has 0 radical (unpaired) electrons. The third-order valence-electron chi connectivity index (χ3n) is 4.25. The molecule has 1 aliphatic heterocycles. The standard InChI is InChI=1S/C19H18F3N3O3/c20-19(21,22)13-28-16-15(7-4-8-23-16)18(27)25-11-9-24(10-12-25)17(26)14-5-2-1-3-6-14/h1-8H,9-13H2. The number of carbonyl (C=O) groups is 2. The van der Waals surface area contributed by atoms with E-state index in [1.54, 1.807) is 29.2 Å². The van der Waals surface area contributed by atoms with Crippen molar-refractivity contribution in [2.45, 2.75) is 6.18 Å². The summed E-state index contributed by atoms with van der Waals surface area (Å²) in [7, 11) is 0. The van der Waals surface area contributed by atoms with Gasteiger partial charge in [-0.1, -0.05) is 18.2 Å². The number of pyridine rings is 1. The fourth-order valence-electron chi connectivity index (χ4n) is 2.87. The molecule has 9 heteroatoms. The van der Waals surface area contributed by atoms with Crippen LogP contribution in [0.2, 0.25) is 0 Å². The Labute approximate surface area is 159 Å². The molecule has 1 aromatic heterocycles. The average molecular weight is 393 g/mol. The molecule has 0 atom stereocenters. The zero-order chi connectivity index (χ0) is 20.1. The van der Waals surface area contributed by atoms with Crippen molar-refractivity contribution in [2.24, 2.45) is 0 Å². The lowest BCUT2D eigenvalue weighted by molar-refractivity contribution is -0.154. The van der Waals surface area contributed by atoms with E-state index in [4.69, 9.17) is 0 Å². The Hall–Kier alpha value is -3.10. The van der Waals surface area contributed by atoms with Gasteiger partial charge in [0.25, 0.3) is 11.8 Å². The minimum absolute atomic E-state index is 0.0328. The molecule has 1 saturated heterocycles. The van der Waals surface area contributed by atoms with Gasteiger partial charge in [-0.2, -0.15) is 13.2 Å². The van der Waals surface area contributed by atoms with Gasteiger partial charge in [0.1, 0.15) is 5.56 Å². The number of alkyl halides is 3. The largest absolute Gasteiger partial charge is 0.467 e. The Morgan fingerprint density at radius 2 is 1.54 bits per heavy atom. The summed E-state index contributed by atoms with van der Waals surface area (Å²) in [5.41, 5.74) is 0.534. The molecule has 0 saturated carbocycles. The molecule has 2 heterocycles. The minimum atomic E-state index is -4.53. The van der Waals surface area contributed by atoms with Gasteiger partial charge in [0, 0.05) is 37.9 Å². The summed E-state index contributed by atoms with van der Waals surface area (Å²) in [6.45, 7) is -0.323. The number of carbonyl (C=O) groups excluding carboxylic acids is 2. The molecule has 148 valence electrons. The van der Waals surface area contributed by atoms with Crippen LogP contribution >= 0.6 is 0 Å². The molecule has 1 aliphatic rings. The van der Waals surface area contributed by atoms with E-state index >= 15 is 0 Å². The van der Waals surface area contributed by atoms with Crippen LogP contribution in [-0.2, 0) is 0 Å². The second-order valence-corrected chi connectivity index (χ2v) is 6.21. The lowest BCUT2D eigenvalue weighted by Gasteiger charge is -2.35. The molecule has 0 aliphatic carbocycles. The number of nitrogens with zero attached hydrogens (tertiary/aromatic N) is 3. The van der Waals surface area contributed by atoms with Crippen molar-refractivity contribution in [1.82, 2.24) is 14.8 Å². The van der Waals surface area contributed by atoms with Crippen LogP contribution in [0.4, 0.5) is 13.2 Å². The average Bonchev–Trinajstić information content (AvgIpc) is 2.71. The van der Waals surface area contributed by atoms with Crippen molar-refractivity contribution in [3.8, 4) is 5.88 Å². The normalized spacial score (nSPS) is 14.7. The number of hydrogen-bond donors (Lipinski definition) is 0. The minimum Gasteiger partial charge on any atom is -0.467 e. The van der Waals surface area contributed by atoms with Gasteiger partial charge in [0.15, 0.2) is 6.61 Å². The highest BCUT2D eigenvalue weighted by Crippen LogP contribution is 2.22. The van der Waals surface area contributed by atoms with E-state index in [0.717, 1.165) is 0 Å². The van der Waals surface area contributed by atoms with E-state index in [1.807, 2.05) is 6.07 Å². The van der Waals surface area contributed by atoms with Crippen LogP contribution in [0.3, 0.4) is 0 Å². The zero-order valence-electron chi connectivity index (χ0n) is 14.9. The molecule has 28 heavy (non-hydrogen) atoms. The van der Waals surface area contributed by atoms with Crippen molar-refractivity contribution in [2.75, 3.05) is 32.8 Å². The predicted octanol–water partition coefficient (Wildman–Crippen LogP) is 2.62. The molecule has 0 spiro atoms. The van der Waals surface area contributed by atoms with Crippen LogP contribution in [0.1, 0.15) is 20.7 Å². The molecule has 1 aromatic carbocycles. The monoisotopic (exact) mass is 393 g/mol. The quantitative estimate of drug-likeness (QED) is 0.801. The highest BCUT2D eigenvalue weighted by atomic mass is 19.4. The number of hydrogen-bond acceptors (Lipinski definition) is 4. The first kappa shape index (κ1) is 19.7. The Balaban J connectivity index is 1.63. The van der Waals surface area contributed by atoms with E-state index < -0.39 is 18.7 Å². The van der Waals surface area contributed by atoms with Crippen LogP contribution < -0.4 is 4.74 Å². The van der Waals surface area contributed by atoms with E-state index in [9.17, 15) is 22.8 Å². The fraction of sp³-hybridized carbons (Fsp3) is 0.316. The van der Waals surface area contributed by atoms with Crippen molar-refractivity contribution < 1.29 is 27.5 Å². The molecule has 6 nitrogen and oxygen atoms in total. The number of amides is 2. The summed E-state index contributed by atoms with van der Waals surface area (Å²) in [6, 6.07) is 11.7. The summed E-state index contributed by atoms with van der Waals surface area (Å²) < 4.78 is 41.9. The fourth-order valence-corrected chi connectivity index (χ4v) is 2.87. The Kier molecular flexibility index (Phi) is 5.81. The van der Waals surface area contributed by atoms with Crippen LogP contribution in [0, 0.1) is 0 Å². The van der Waals surface area contributed by atoms with Crippen molar-refractivity contribution in [1.29, 1.82) is 0 Å². The molecule has 0 bridgehead atoms. The van der Waals surface area contributed by atoms with Crippen LogP contribution in [0.15, 0.2) is 48.7 Å². The number of halogens is 3. The maximum Gasteiger partial charge on any atom is 0.422 e. The molecule has 2 aromatic rings. The van der Waals surface area contributed by atoms with Crippen molar-refractivity contribution >= 4 is 11.8 Å². The first-order valence-electron chi connectivity index (χ1n) is 8.63. The zero-order valence-corrected chi connectivity index (χ0v) is 14.9. The highest BCUT2D eigenvalue weighted by Gasteiger charge is 2.31. The molecular weight excluding hydrogens is 375 g/mol. The lowest BCUT2D eigenvalue weighted by atomic mass is 10.1. The third kappa shape index (κ3) is 4.79. The molecule has 2 amide bonds. The van der Waals surface area contributed by atoms with Gasteiger partial charge in [-0.25, -0.2) is 4.98 Å². The van der Waals surface area contributed by atoms with Crippen LogP contribution in [-0.4, -0.2) is 65.6 Å². The van der Waals surface area contributed by atoms with E-state index in [2.05, 4.69) is 9.72 Å². The maximum absolute atomic E-state index is 12.7. The Morgan fingerprint density at radius 3 is 2.14 bits per heavy atom. The molecule has 0 N–H and O–H groups in total. The maximum atomic E-state index is 12.7. The summed E-state index contributed by atoms with van der Waals surface area (Å²) in [6.07, 6.45) is -3.26. The molecular formula is C19H18F3N3O3. The summed E-state index contributed by atoms with van der Waals surface area (Å²) in [5.74, 6) is -0.951. The van der Waals surface area contributed by atoms with E-state index in [1.165, 1.54) is 23.2 Å². The highest BCUT2D eigenvalue weighted by molar-refractivity contribution is 5.97. The van der Waals surface area contributed by atoms with Gasteiger partial charge < -0.3 is 14.5 Å². The first-order chi connectivity index (χ1) is 13.3. The first-order valence-corrected chi connectivity index (χ1v) is 8.63. The summed E-state index contributed by atoms with van der Waals surface area (Å²) in [5, 5.41) is 0. The molecule has 1 fully saturated rings.